The molecule has 1 N–H and O–H groups in total. The van der Waals surface area contributed by atoms with E-state index in [-0.39, 0.29) is 24.8 Å². The predicted molar refractivity (Wildman–Crippen MR) is 79.3 cm³/mol. The van der Waals surface area contributed by atoms with Crippen LogP contribution in [0.3, 0.4) is 0 Å². The summed E-state index contributed by atoms with van der Waals surface area (Å²) in [5.41, 5.74) is 1.15. The zero-order valence-corrected chi connectivity index (χ0v) is 12.9. The number of halogens is 3. The molecule has 0 saturated carbocycles. The summed E-state index contributed by atoms with van der Waals surface area (Å²) < 4.78 is 1.04. The fraction of sp³-hybridized carbons (Fsp3) is 0.545. The molecule has 1 aromatic heterocycles. The van der Waals surface area contributed by atoms with Gasteiger partial charge in [0, 0.05) is 42.9 Å². The fourth-order valence-electron chi connectivity index (χ4n) is 1.89. The van der Waals surface area contributed by atoms with Gasteiger partial charge < -0.3 is 5.32 Å². The minimum Gasteiger partial charge on any atom is -0.314 e. The average molecular weight is 343 g/mol. The van der Waals surface area contributed by atoms with Crippen LogP contribution in [0.4, 0.5) is 0 Å². The molecule has 1 atom stereocenters. The number of hydrogen-bond donors (Lipinski definition) is 1. The van der Waals surface area contributed by atoms with Gasteiger partial charge in [-0.05, 0) is 35.0 Å². The lowest BCUT2D eigenvalue weighted by molar-refractivity contribution is 0.182. The smallest absolute Gasteiger partial charge is 0.0573 e. The molecule has 0 spiro atoms. The highest BCUT2D eigenvalue weighted by molar-refractivity contribution is 9.10. The minimum absolute atomic E-state index is 0. The second kappa shape index (κ2) is 8.27. The van der Waals surface area contributed by atoms with E-state index < -0.39 is 0 Å². The monoisotopic (exact) mass is 341 g/mol. The normalized spacial score (nSPS) is 17.8. The minimum atomic E-state index is 0. The molecule has 1 aliphatic rings. The summed E-state index contributed by atoms with van der Waals surface area (Å²) in [6.45, 7) is 6.61. The van der Waals surface area contributed by atoms with Crippen molar-refractivity contribution in [1.29, 1.82) is 0 Å². The first kappa shape index (κ1) is 17.1. The molecule has 1 saturated heterocycles. The number of nitrogens with one attached hydrogen (secondary N) is 1. The van der Waals surface area contributed by atoms with E-state index in [4.69, 9.17) is 0 Å². The molecule has 1 aromatic rings. The molecule has 0 aromatic carbocycles. The predicted octanol–water partition coefficient (Wildman–Crippen LogP) is 2.65. The summed E-state index contributed by atoms with van der Waals surface area (Å²) >= 11 is 3.40. The van der Waals surface area contributed by atoms with Crippen LogP contribution in [-0.2, 0) is 0 Å². The molecule has 0 amide bonds. The second-order valence-corrected chi connectivity index (χ2v) is 4.78. The Labute approximate surface area is 123 Å². The lowest BCUT2D eigenvalue weighted by atomic mass is 10.1. The standard InChI is InChI=1S/C11H16BrN3.2ClH/c1-9(15-6-4-13-5-7-15)11-3-2-10(12)8-14-11;;/h2-3,8-9,13H,4-7H2,1H3;2*1H/t9-;;/m0../s1. The van der Waals surface area contributed by atoms with Crippen molar-refractivity contribution < 1.29 is 0 Å². The Morgan fingerprint density at radius 3 is 2.47 bits per heavy atom. The van der Waals surface area contributed by atoms with E-state index in [0.717, 1.165) is 36.3 Å². The molecule has 0 unspecified atom stereocenters. The molecular weight excluding hydrogens is 325 g/mol. The number of hydrogen-bond acceptors (Lipinski definition) is 3. The maximum absolute atomic E-state index is 4.44. The molecule has 98 valence electrons. The molecule has 0 aliphatic carbocycles. The number of aromatic nitrogens is 1. The van der Waals surface area contributed by atoms with Gasteiger partial charge in [0.1, 0.15) is 0 Å². The van der Waals surface area contributed by atoms with E-state index in [0.29, 0.717) is 6.04 Å². The second-order valence-electron chi connectivity index (χ2n) is 3.86. The Kier molecular flexibility index (Phi) is 8.33. The van der Waals surface area contributed by atoms with Crippen molar-refractivity contribution in [3.05, 3.63) is 28.5 Å². The van der Waals surface area contributed by atoms with Crippen LogP contribution in [-0.4, -0.2) is 36.1 Å². The molecule has 1 fully saturated rings. The van der Waals surface area contributed by atoms with Crippen LogP contribution in [0.15, 0.2) is 22.8 Å². The van der Waals surface area contributed by atoms with Crippen LogP contribution in [0.1, 0.15) is 18.7 Å². The highest BCUT2D eigenvalue weighted by Crippen LogP contribution is 2.19. The van der Waals surface area contributed by atoms with E-state index in [1.54, 1.807) is 0 Å². The van der Waals surface area contributed by atoms with Crippen molar-refractivity contribution >= 4 is 40.7 Å². The van der Waals surface area contributed by atoms with Gasteiger partial charge in [-0.1, -0.05) is 0 Å². The van der Waals surface area contributed by atoms with Gasteiger partial charge in [0.2, 0.25) is 0 Å². The Morgan fingerprint density at radius 1 is 1.29 bits per heavy atom. The van der Waals surface area contributed by atoms with E-state index in [1.807, 2.05) is 6.20 Å². The largest absolute Gasteiger partial charge is 0.314 e. The number of pyridine rings is 1. The van der Waals surface area contributed by atoms with Crippen LogP contribution >= 0.6 is 40.7 Å². The topological polar surface area (TPSA) is 28.2 Å². The number of piperazine rings is 1. The van der Waals surface area contributed by atoms with Crippen molar-refractivity contribution in [2.24, 2.45) is 0 Å². The molecule has 0 radical (unpaired) electrons. The van der Waals surface area contributed by atoms with Gasteiger partial charge in [-0.3, -0.25) is 9.88 Å². The Balaban J connectivity index is 0.00000128. The number of rotatable bonds is 2. The Hall–Kier alpha value is 0.130. The summed E-state index contributed by atoms with van der Waals surface area (Å²) in [6, 6.07) is 4.57. The zero-order valence-electron chi connectivity index (χ0n) is 9.73. The Bertz CT molecular complexity index is 315. The van der Waals surface area contributed by atoms with Crippen molar-refractivity contribution in [1.82, 2.24) is 15.2 Å². The van der Waals surface area contributed by atoms with Gasteiger partial charge in [-0.25, -0.2) is 0 Å². The quantitative estimate of drug-likeness (QED) is 0.895. The lowest BCUT2D eigenvalue weighted by Crippen LogP contribution is -2.44. The van der Waals surface area contributed by atoms with Crippen LogP contribution < -0.4 is 5.32 Å². The van der Waals surface area contributed by atoms with Crippen LogP contribution in [0.5, 0.6) is 0 Å². The van der Waals surface area contributed by atoms with Gasteiger partial charge in [-0.15, -0.1) is 24.8 Å². The SMILES string of the molecule is C[C@@H](c1ccc(Br)cn1)N1CCNCC1.Cl.Cl. The highest BCUT2D eigenvalue weighted by atomic mass is 79.9. The summed E-state index contributed by atoms with van der Waals surface area (Å²) in [5.74, 6) is 0. The number of nitrogens with zero attached hydrogens (tertiary/aromatic N) is 2. The summed E-state index contributed by atoms with van der Waals surface area (Å²) in [7, 11) is 0. The van der Waals surface area contributed by atoms with Crippen LogP contribution in [0.25, 0.3) is 0 Å². The third kappa shape index (κ3) is 4.72. The summed E-state index contributed by atoms with van der Waals surface area (Å²) in [4.78, 5) is 6.91. The highest BCUT2D eigenvalue weighted by Gasteiger charge is 2.18. The van der Waals surface area contributed by atoms with Crippen LogP contribution in [0.2, 0.25) is 0 Å². The van der Waals surface area contributed by atoms with E-state index in [1.165, 1.54) is 0 Å². The summed E-state index contributed by atoms with van der Waals surface area (Å²) in [5, 5.41) is 3.36. The molecule has 17 heavy (non-hydrogen) atoms. The van der Waals surface area contributed by atoms with Crippen molar-refractivity contribution in [2.45, 2.75) is 13.0 Å². The Morgan fingerprint density at radius 2 is 1.94 bits per heavy atom. The third-order valence-electron chi connectivity index (χ3n) is 2.88. The molecule has 2 heterocycles. The molecule has 2 rings (SSSR count). The maximum atomic E-state index is 4.44. The van der Waals surface area contributed by atoms with Gasteiger partial charge in [-0.2, -0.15) is 0 Å². The first-order chi connectivity index (χ1) is 7.27. The van der Waals surface area contributed by atoms with Crippen molar-refractivity contribution in [2.75, 3.05) is 26.2 Å². The van der Waals surface area contributed by atoms with Crippen molar-refractivity contribution in [3.63, 3.8) is 0 Å². The first-order valence-electron chi connectivity index (χ1n) is 5.33. The molecule has 1 aliphatic heterocycles. The third-order valence-corrected chi connectivity index (χ3v) is 3.35. The van der Waals surface area contributed by atoms with Gasteiger partial charge in [0.05, 0.1) is 5.69 Å². The van der Waals surface area contributed by atoms with Crippen molar-refractivity contribution in [3.8, 4) is 0 Å². The average Bonchev–Trinajstić information content (AvgIpc) is 2.30. The van der Waals surface area contributed by atoms with E-state index >= 15 is 0 Å². The summed E-state index contributed by atoms with van der Waals surface area (Å²) in [6.07, 6.45) is 1.87. The fourth-order valence-corrected chi connectivity index (χ4v) is 2.13. The van der Waals surface area contributed by atoms with Gasteiger partial charge >= 0.3 is 0 Å². The zero-order chi connectivity index (χ0) is 10.7. The van der Waals surface area contributed by atoms with E-state index in [9.17, 15) is 0 Å². The van der Waals surface area contributed by atoms with Gasteiger partial charge in [0.15, 0.2) is 0 Å². The molecule has 0 bridgehead atoms. The molecule has 6 heteroatoms. The molecular formula is C11H18BrCl2N3. The van der Waals surface area contributed by atoms with E-state index in [2.05, 4.69) is 50.2 Å². The molecule has 3 nitrogen and oxygen atoms in total. The first-order valence-corrected chi connectivity index (χ1v) is 6.13. The van der Waals surface area contributed by atoms with Gasteiger partial charge in [0.25, 0.3) is 0 Å². The van der Waals surface area contributed by atoms with Crippen LogP contribution in [0, 0.1) is 0 Å². The maximum Gasteiger partial charge on any atom is 0.0573 e. The lowest BCUT2D eigenvalue weighted by Gasteiger charge is -2.32.